The zero-order chi connectivity index (χ0) is 32.5. The van der Waals surface area contributed by atoms with E-state index in [2.05, 4.69) is 30.8 Å². The minimum atomic E-state index is -0.579. The Labute approximate surface area is 269 Å². The second-order valence-electron chi connectivity index (χ2n) is 11.1. The first-order valence-corrected chi connectivity index (χ1v) is 15.4. The van der Waals surface area contributed by atoms with Gasteiger partial charge in [-0.05, 0) is 62.0 Å². The number of anilines is 1. The van der Waals surface area contributed by atoms with Crippen molar-refractivity contribution in [3.05, 3.63) is 83.8 Å². The van der Waals surface area contributed by atoms with Crippen LogP contribution in [0.4, 0.5) is 15.1 Å². The highest BCUT2D eigenvalue weighted by Crippen LogP contribution is 2.39. The van der Waals surface area contributed by atoms with E-state index < -0.39 is 17.5 Å². The molecule has 13 heteroatoms. The van der Waals surface area contributed by atoms with Gasteiger partial charge in [-0.1, -0.05) is 18.2 Å². The summed E-state index contributed by atoms with van der Waals surface area (Å²) in [4.78, 5) is 32.4. The Kier molecular flexibility index (Phi) is 10.5. The molecule has 2 amide bonds. The van der Waals surface area contributed by atoms with Crippen molar-refractivity contribution in [2.24, 2.45) is 0 Å². The summed E-state index contributed by atoms with van der Waals surface area (Å²) in [7, 11) is 0. The number of hydrogen-bond acceptors (Lipinski definition) is 10. The van der Waals surface area contributed by atoms with Crippen LogP contribution in [0.3, 0.4) is 0 Å². The Hall–Kier alpha value is -5.01. The average molecular weight is 645 g/mol. The molecule has 3 aromatic heterocycles. The molecule has 0 atom stereocenters. The number of fused-ring (bicyclic) bond motifs is 1. The molecule has 0 spiro atoms. The number of benzene rings is 2. The topological polar surface area (TPSA) is 137 Å². The van der Waals surface area contributed by atoms with Crippen LogP contribution >= 0.6 is 11.3 Å². The third-order valence-corrected chi connectivity index (χ3v) is 7.29. The number of ether oxygens (including phenoxy) is 3. The predicted octanol–water partition coefficient (Wildman–Crippen LogP) is 6.06. The molecule has 2 aromatic carbocycles. The van der Waals surface area contributed by atoms with Crippen LogP contribution in [0, 0.1) is 5.82 Å². The lowest BCUT2D eigenvalue weighted by Crippen LogP contribution is -2.34. The van der Waals surface area contributed by atoms with E-state index in [0.717, 1.165) is 21.2 Å². The number of halogens is 1. The fourth-order valence-electron chi connectivity index (χ4n) is 4.48. The summed E-state index contributed by atoms with van der Waals surface area (Å²) in [5.74, 6) is -0.137. The van der Waals surface area contributed by atoms with E-state index in [1.54, 1.807) is 45.3 Å². The number of amides is 2. The van der Waals surface area contributed by atoms with Gasteiger partial charge in [0.25, 0.3) is 0 Å². The molecule has 0 bridgehead atoms. The van der Waals surface area contributed by atoms with Crippen molar-refractivity contribution >= 4 is 39.4 Å². The summed E-state index contributed by atoms with van der Waals surface area (Å²) < 4.78 is 31.8. The van der Waals surface area contributed by atoms with E-state index in [1.807, 2.05) is 35.7 Å². The summed E-state index contributed by atoms with van der Waals surface area (Å²) in [6, 6.07) is 15.5. The summed E-state index contributed by atoms with van der Waals surface area (Å²) >= 11 is 1.49. The molecule has 238 valence electrons. The number of rotatable bonds is 12. The number of nitrogens with zero attached hydrogens (tertiary/aromatic N) is 4. The van der Waals surface area contributed by atoms with Crippen molar-refractivity contribution < 1.29 is 28.2 Å². The van der Waals surface area contributed by atoms with Crippen LogP contribution in [0.1, 0.15) is 26.3 Å². The Balaban J connectivity index is 1.26. The maximum Gasteiger partial charge on any atom is 0.407 e. The van der Waals surface area contributed by atoms with Gasteiger partial charge in [-0.25, -0.2) is 19.2 Å². The van der Waals surface area contributed by atoms with E-state index in [4.69, 9.17) is 14.2 Å². The zero-order valence-corrected chi connectivity index (χ0v) is 26.4. The number of aromatic nitrogens is 4. The third-order valence-electron chi connectivity index (χ3n) is 6.37. The highest BCUT2D eigenvalue weighted by molar-refractivity contribution is 7.17. The van der Waals surface area contributed by atoms with Gasteiger partial charge in [0.1, 0.15) is 35.2 Å². The van der Waals surface area contributed by atoms with E-state index in [9.17, 15) is 14.0 Å². The SMILES string of the molecule is CC(C)(C)OC(=O)NCCOCCOc1cc(F)ccc1-c1nnc(-c2cccc(CC(=O)Nc3ncccn3)c2)c2ccsc12. The first-order valence-electron chi connectivity index (χ1n) is 14.5. The fraction of sp³-hybridized carbons (Fsp3) is 0.273. The second-order valence-corrected chi connectivity index (χ2v) is 12.0. The second kappa shape index (κ2) is 14.8. The summed E-state index contributed by atoms with van der Waals surface area (Å²) in [6.07, 6.45) is 2.73. The minimum absolute atomic E-state index is 0.130. The molecule has 0 fully saturated rings. The number of carbonyl (C=O) groups excluding carboxylic acids is 2. The van der Waals surface area contributed by atoms with Crippen LogP contribution in [-0.2, 0) is 20.7 Å². The van der Waals surface area contributed by atoms with Crippen molar-refractivity contribution in [1.29, 1.82) is 0 Å². The van der Waals surface area contributed by atoms with Gasteiger partial charge in [0.2, 0.25) is 11.9 Å². The van der Waals surface area contributed by atoms with Crippen molar-refractivity contribution in [2.45, 2.75) is 32.8 Å². The lowest BCUT2D eigenvalue weighted by Gasteiger charge is -2.19. The van der Waals surface area contributed by atoms with E-state index in [0.29, 0.717) is 22.7 Å². The molecule has 0 saturated carbocycles. The van der Waals surface area contributed by atoms with E-state index in [-0.39, 0.29) is 44.6 Å². The van der Waals surface area contributed by atoms with Crippen molar-refractivity contribution in [2.75, 3.05) is 31.7 Å². The third kappa shape index (κ3) is 8.79. The van der Waals surface area contributed by atoms with Gasteiger partial charge in [-0.3, -0.25) is 10.1 Å². The molecular formula is C33H33FN6O5S. The number of hydrogen-bond donors (Lipinski definition) is 2. The molecule has 5 aromatic rings. The molecule has 0 aliphatic heterocycles. The van der Waals surface area contributed by atoms with Gasteiger partial charge in [0.15, 0.2) is 0 Å². The van der Waals surface area contributed by atoms with Crippen molar-refractivity contribution in [3.8, 4) is 28.3 Å². The predicted molar refractivity (Wildman–Crippen MR) is 173 cm³/mol. The van der Waals surface area contributed by atoms with Crippen LogP contribution in [0.5, 0.6) is 5.75 Å². The molecule has 3 heterocycles. The van der Waals surface area contributed by atoms with Crippen LogP contribution in [0.25, 0.3) is 32.6 Å². The first kappa shape index (κ1) is 32.4. The van der Waals surface area contributed by atoms with Crippen LogP contribution < -0.4 is 15.4 Å². The van der Waals surface area contributed by atoms with Crippen molar-refractivity contribution in [3.63, 3.8) is 0 Å². The Morgan fingerprint density at radius 2 is 1.74 bits per heavy atom. The van der Waals surface area contributed by atoms with Crippen molar-refractivity contribution in [1.82, 2.24) is 25.5 Å². The van der Waals surface area contributed by atoms with Gasteiger partial charge in [-0.15, -0.1) is 21.5 Å². The Morgan fingerprint density at radius 1 is 0.935 bits per heavy atom. The Bertz CT molecular complexity index is 1810. The van der Waals surface area contributed by atoms with Gasteiger partial charge in [-0.2, -0.15) is 0 Å². The van der Waals surface area contributed by atoms with Gasteiger partial charge >= 0.3 is 6.09 Å². The Morgan fingerprint density at radius 3 is 2.54 bits per heavy atom. The molecule has 0 saturated heterocycles. The maximum absolute atomic E-state index is 14.3. The molecule has 0 aliphatic carbocycles. The molecule has 46 heavy (non-hydrogen) atoms. The molecule has 11 nitrogen and oxygen atoms in total. The largest absolute Gasteiger partial charge is 0.490 e. The molecule has 5 rings (SSSR count). The minimum Gasteiger partial charge on any atom is -0.490 e. The number of thiophene rings is 1. The number of carbonyl (C=O) groups is 2. The average Bonchev–Trinajstić information content (AvgIpc) is 3.50. The highest BCUT2D eigenvalue weighted by atomic mass is 32.1. The lowest BCUT2D eigenvalue weighted by atomic mass is 10.0. The molecule has 0 unspecified atom stereocenters. The van der Waals surface area contributed by atoms with E-state index in [1.165, 1.54) is 23.5 Å². The standard InChI is InChI=1S/C33H33FN6O5S/c1-33(2,3)45-32(42)37-13-14-43-15-16-44-26-20-23(34)8-9-24(26)29-30-25(10-17-46-30)28(39-40-29)22-7-4-6-21(18-22)19-27(41)38-31-35-11-5-12-36-31/h4-12,17-18,20H,13-16,19H2,1-3H3,(H,37,42)(H,35,36,38,41). The fourth-order valence-corrected chi connectivity index (χ4v) is 5.37. The van der Waals surface area contributed by atoms with Crippen LogP contribution in [0.2, 0.25) is 0 Å². The number of alkyl carbamates (subject to hydrolysis) is 1. The maximum atomic E-state index is 14.3. The summed E-state index contributed by atoms with van der Waals surface area (Å²) in [5, 5.41) is 17.2. The normalized spacial score (nSPS) is 11.3. The zero-order valence-electron chi connectivity index (χ0n) is 25.6. The smallest absolute Gasteiger partial charge is 0.407 e. The summed E-state index contributed by atoms with van der Waals surface area (Å²) in [5.41, 5.74) is 2.82. The monoisotopic (exact) mass is 644 g/mol. The number of nitrogens with one attached hydrogen (secondary N) is 2. The van der Waals surface area contributed by atoms with Crippen LogP contribution in [0.15, 0.2) is 72.4 Å². The van der Waals surface area contributed by atoms with E-state index >= 15 is 0 Å². The van der Waals surface area contributed by atoms with Gasteiger partial charge in [0, 0.05) is 41.5 Å². The molecular weight excluding hydrogens is 611 g/mol. The molecule has 2 N–H and O–H groups in total. The quantitative estimate of drug-likeness (QED) is 0.155. The molecule has 0 radical (unpaired) electrons. The van der Waals surface area contributed by atoms with Crippen LogP contribution in [-0.4, -0.2) is 64.1 Å². The first-order chi connectivity index (χ1) is 22.2. The lowest BCUT2D eigenvalue weighted by molar-refractivity contribution is -0.115. The highest BCUT2D eigenvalue weighted by Gasteiger charge is 2.19. The summed E-state index contributed by atoms with van der Waals surface area (Å²) in [6.45, 7) is 6.27. The molecule has 0 aliphatic rings. The van der Waals surface area contributed by atoms with Gasteiger partial charge in [0.05, 0.1) is 24.3 Å². The van der Waals surface area contributed by atoms with Gasteiger partial charge < -0.3 is 19.5 Å².